The molecule has 3 N–H and O–H groups in total. The SMILES string of the molecule is Cl.Cl.NCC(O)Cc1cccnc1. The minimum atomic E-state index is -0.445. The number of nitrogens with zero attached hydrogens (tertiary/aromatic N) is 1. The predicted molar refractivity (Wildman–Crippen MR) is 57.5 cm³/mol. The van der Waals surface area contributed by atoms with Crippen molar-refractivity contribution < 1.29 is 5.11 Å². The monoisotopic (exact) mass is 224 g/mol. The number of hydrogen-bond acceptors (Lipinski definition) is 3. The van der Waals surface area contributed by atoms with Gasteiger partial charge in [0.2, 0.25) is 0 Å². The standard InChI is InChI=1S/C8H12N2O.2ClH/c9-5-8(11)4-7-2-1-3-10-6-7;;/h1-3,6,8,11H,4-5,9H2;2*1H. The van der Waals surface area contributed by atoms with Crippen molar-refractivity contribution in [2.75, 3.05) is 6.54 Å². The number of hydrogen-bond donors (Lipinski definition) is 2. The minimum Gasteiger partial charge on any atom is -0.391 e. The van der Waals surface area contributed by atoms with Gasteiger partial charge in [-0.25, -0.2) is 0 Å². The van der Waals surface area contributed by atoms with Crippen LogP contribution in [0.15, 0.2) is 24.5 Å². The molecule has 5 heteroatoms. The molecule has 0 amide bonds. The normalized spacial score (nSPS) is 10.9. The summed E-state index contributed by atoms with van der Waals surface area (Å²) in [5.74, 6) is 0. The van der Waals surface area contributed by atoms with Crippen LogP contribution in [0.4, 0.5) is 0 Å². The van der Waals surface area contributed by atoms with E-state index in [0.717, 1.165) is 5.56 Å². The summed E-state index contributed by atoms with van der Waals surface area (Å²) in [4.78, 5) is 3.92. The maximum Gasteiger partial charge on any atom is 0.0703 e. The smallest absolute Gasteiger partial charge is 0.0703 e. The van der Waals surface area contributed by atoms with Crippen molar-refractivity contribution in [3.05, 3.63) is 30.1 Å². The highest BCUT2D eigenvalue weighted by atomic mass is 35.5. The lowest BCUT2D eigenvalue weighted by atomic mass is 10.1. The molecule has 0 bridgehead atoms. The minimum absolute atomic E-state index is 0. The van der Waals surface area contributed by atoms with Crippen LogP contribution in [0.25, 0.3) is 0 Å². The van der Waals surface area contributed by atoms with Gasteiger partial charge in [-0.15, -0.1) is 24.8 Å². The van der Waals surface area contributed by atoms with E-state index in [4.69, 9.17) is 10.8 Å². The van der Waals surface area contributed by atoms with Crippen LogP contribution in [0.1, 0.15) is 5.56 Å². The topological polar surface area (TPSA) is 59.1 Å². The van der Waals surface area contributed by atoms with Crippen molar-refractivity contribution in [3.63, 3.8) is 0 Å². The summed E-state index contributed by atoms with van der Waals surface area (Å²) in [6.45, 7) is 0.300. The zero-order chi connectivity index (χ0) is 8.10. The van der Waals surface area contributed by atoms with Crippen LogP contribution in [0.2, 0.25) is 0 Å². The molecular weight excluding hydrogens is 211 g/mol. The van der Waals surface area contributed by atoms with Crippen molar-refractivity contribution in [2.24, 2.45) is 5.73 Å². The molecule has 76 valence electrons. The number of nitrogens with two attached hydrogens (primary N) is 1. The molecule has 0 saturated heterocycles. The fourth-order valence-electron chi connectivity index (χ4n) is 0.874. The van der Waals surface area contributed by atoms with Gasteiger partial charge in [0.05, 0.1) is 6.10 Å². The molecule has 0 aliphatic rings. The Balaban J connectivity index is 0. The highest BCUT2D eigenvalue weighted by Gasteiger charge is 2.01. The Morgan fingerprint density at radius 2 is 2.15 bits per heavy atom. The van der Waals surface area contributed by atoms with Gasteiger partial charge in [0.25, 0.3) is 0 Å². The van der Waals surface area contributed by atoms with Gasteiger partial charge < -0.3 is 10.8 Å². The summed E-state index contributed by atoms with van der Waals surface area (Å²) in [6.07, 6.45) is 3.58. The number of pyridine rings is 1. The molecule has 0 aliphatic heterocycles. The first-order chi connectivity index (χ1) is 5.33. The molecule has 0 spiro atoms. The predicted octanol–water partition coefficient (Wildman–Crippen LogP) is 0.787. The second-order valence-electron chi connectivity index (χ2n) is 2.45. The molecule has 13 heavy (non-hydrogen) atoms. The van der Waals surface area contributed by atoms with Crippen molar-refractivity contribution in [1.82, 2.24) is 4.98 Å². The fourth-order valence-corrected chi connectivity index (χ4v) is 0.874. The molecule has 1 unspecified atom stereocenters. The fraction of sp³-hybridized carbons (Fsp3) is 0.375. The summed E-state index contributed by atoms with van der Waals surface area (Å²) in [7, 11) is 0. The zero-order valence-corrected chi connectivity index (χ0v) is 8.72. The van der Waals surface area contributed by atoms with E-state index in [1.165, 1.54) is 0 Å². The van der Waals surface area contributed by atoms with E-state index in [1.54, 1.807) is 12.4 Å². The second-order valence-corrected chi connectivity index (χ2v) is 2.45. The lowest BCUT2D eigenvalue weighted by Crippen LogP contribution is -2.21. The maximum atomic E-state index is 9.16. The Bertz CT molecular complexity index is 209. The van der Waals surface area contributed by atoms with E-state index in [1.807, 2.05) is 12.1 Å². The van der Waals surface area contributed by atoms with E-state index in [2.05, 4.69) is 4.98 Å². The highest BCUT2D eigenvalue weighted by molar-refractivity contribution is 5.85. The molecular formula is C8H14Cl2N2O. The van der Waals surface area contributed by atoms with Gasteiger partial charge in [-0.1, -0.05) is 6.07 Å². The Morgan fingerprint density at radius 3 is 2.62 bits per heavy atom. The Labute approximate surface area is 90.2 Å². The number of halogens is 2. The van der Waals surface area contributed by atoms with Crippen molar-refractivity contribution in [3.8, 4) is 0 Å². The van der Waals surface area contributed by atoms with Crippen LogP contribution in [0.5, 0.6) is 0 Å². The van der Waals surface area contributed by atoms with Crippen LogP contribution in [-0.4, -0.2) is 22.7 Å². The molecule has 3 nitrogen and oxygen atoms in total. The maximum absolute atomic E-state index is 9.16. The van der Waals surface area contributed by atoms with Crippen LogP contribution in [-0.2, 0) is 6.42 Å². The average molecular weight is 225 g/mol. The van der Waals surface area contributed by atoms with Crippen molar-refractivity contribution >= 4 is 24.8 Å². The molecule has 0 aliphatic carbocycles. The molecule has 0 aromatic carbocycles. The number of aliphatic hydroxyl groups is 1. The molecule has 0 radical (unpaired) electrons. The van der Waals surface area contributed by atoms with Crippen LogP contribution >= 0.6 is 24.8 Å². The number of aliphatic hydroxyl groups excluding tert-OH is 1. The van der Waals surface area contributed by atoms with Crippen LogP contribution in [0.3, 0.4) is 0 Å². The lowest BCUT2D eigenvalue weighted by molar-refractivity contribution is 0.183. The molecule has 1 aromatic heterocycles. The second kappa shape index (κ2) is 8.26. The summed E-state index contributed by atoms with van der Waals surface area (Å²) in [5.41, 5.74) is 6.27. The summed E-state index contributed by atoms with van der Waals surface area (Å²) < 4.78 is 0. The lowest BCUT2D eigenvalue weighted by Gasteiger charge is -2.05. The van der Waals surface area contributed by atoms with Crippen LogP contribution in [0, 0.1) is 0 Å². The average Bonchev–Trinajstić information content (AvgIpc) is 2.06. The zero-order valence-electron chi connectivity index (χ0n) is 7.09. The number of rotatable bonds is 3. The Hall–Kier alpha value is -0.350. The highest BCUT2D eigenvalue weighted by Crippen LogP contribution is 1.99. The van der Waals surface area contributed by atoms with E-state index in [9.17, 15) is 0 Å². The summed E-state index contributed by atoms with van der Waals surface area (Å²) >= 11 is 0. The molecule has 1 atom stereocenters. The van der Waals surface area contributed by atoms with E-state index < -0.39 is 6.10 Å². The van der Waals surface area contributed by atoms with Gasteiger partial charge in [0, 0.05) is 25.4 Å². The Kier molecular flexibility index (Phi) is 9.61. The quantitative estimate of drug-likeness (QED) is 0.799. The summed E-state index contributed by atoms with van der Waals surface area (Å²) in [6, 6.07) is 3.77. The third kappa shape index (κ3) is 5.82. The Morgan fingerprint density at radius 1 is 1.46 bits per heavy atom. The molecule has 0 fully saturated rings. The molecule has 1 rings (SSSR count). The largest absolute Gasteiger partial charge is 0.391 e. The first-order valence-electron chi connectivity index (χ1n) is 3.60. The molecule has 1 heterocycles. The van der Waals surface area contributed by atoms with Gasteiger partial charge in [0.15, 0.2) is 0 Å². The van der Waals surface area contributed by atoms with Gasteiger partial charge in [-0.2, -0.15) is 0 Å². The van der Waals surface area contributed by atoms with Crippen LogP contribution < -0.4 is 5.73 Å². The van der Waals surface area contributed by atoms with Gasteiger partial charge in [-0.05, 0) is 11.6 Å². The van der Waals surface area contributed by atoms with E-state index in [0.29, 0.717) is 13.0 Å². The molecule has 0 saturated carbocycles. The first-order valence-corrected chi connectivity index (χ1v) is 3.60. The third-order valence-corrected chi connectivity index (χ3v) is 1.47. The van der Waals surface area contributed by atoms with E-state index >= 15 is 0 Å². The van der Waals surface area contributed by atoms with Gasteiger partial charge >= 0.3 is 0 Å². The first kappa shape index (κ1) is 15.1. The van der Waals surface area contributed by atoms with Crippen molar-refractivity contribution in [1.29, 1.82) is 0 Å². The molecule has 1 aromatic rings. The van der Waals surface area contributed by atoms with Gasteiger partial charge in [0.1, 0.15) is 0 Å². The third-order valence-electron chi connectivity index (χ3n) is 1.47. The number of aromatic nitrogens is 1. The van der Waals surface area contributed by atoms with E-state index in [-0.39, 0.29) is 24.8 Å². The van der Waals surface area contributed by atoms with Gasteiger partial charge in [-0.3, -0.25) is 4.98 Å². The summed E-state index contributed by atoms with van der Waals surface area (Å²) in [5, 5.41) is 9.16. The van der Waals surface area contributed by atoms with Crippen molar-refractivity contribution in [2.45, 2.75) is 12.5 Å².